The monoisotopic (exact) mass is 347 g/mol. The molecule has 0 spiro atoms. The van der Waals surface area contributed by atoms with Crippen molar-refractivity contribution >= 4 is 23.7 Å². The molecule has 0 bridgehead atoms. The molecule has 1 aromatic rings. The molecule has 1 aliphatic rings. The first-order chi connectivity index (χ1) is 9.72. The minimum Gasteiger partial charge on any atom is -0.490 e. The summed E-state index contributed by atoms with van der Waals surface area (Å²) >= 11 is 1.64. The summed E-state index contributed by atoms with van der Waals surface area (Å²) in [5.41, 5.74) is 1.42. The predicted molar refractivity (Wildman–Crippen MR) is 96.5 cm³/mol. The lowest BCUT2D eigenvalue weighted by molar-refractivity contribution is -0.0606. The molecule has 22 heavy (non-hydrogen) atoms. The zero-order valence-electron chi connectivity index (χ0n) is 14.4. The van der Waals surface area contributed by atoms with Crippen molar-refractivity contribution in [3.63, 3.8) is 0 Å². The number of thiophene rings is 1. The maximum atomic E-state index is 10.4. The maximum Gasteiger partial charge on any atom is 0.133 e. The number of piperidine rings is 1. The van der Waals surface area contributed by atoms with E-state index in [1.54, 1.807) is 11.3 Å². The van der Waals surface area contributed by atoms with E-state index in [4.69, 9.17) is 4.74 Å². The van der Waals surface area contributed by atoms with E-state index in [-0.39, 0.29) is 23.5 Å². The molecule has 1 unspecified atom stereocenters. The number of aliphatic hydroxyl groups is 1. The normalized spacial score (nSPS) is 21.9. The highest BCUT2D eigenvalue weighted by Crippen LogP contribution is 2.38. The topological polar surface area (TPSA) is 32.7 Å². The van der Waals surface area contributed by atoms with E-state index < -0.39 is 6.10 Å². The van der Waals surface area contributed by atoms with E-state index in [1.165, 1.54) is 19.3 Å². The van der Waals surface area contributed by atoms with E-state index in [1.807, 2.05) is 12.3 Å². The Kier molecular flexibility index (Phi) is 6.75. The number of nitrogens with zero attached hydrogens (tertiary/aromatic N) is 1. The zero-order valence-corrected chi connectivity index (χ0v) is 16.0. The van der Waals surface area contributed by atoms with Gasteiger partial charge in [0.1, 0.15) is 18.5 Å². The molecule has 128 valence electrons. The second-order valence-corrected chi connectivity index (χ2v) is 8.22. The minimum atomic E-state index is -0.457. The molecule has 1 N–H and O–H groups in total. The molecule has 0 radical (unpaired) electrons. The average molecular weight is 348 g/mol. The lowest BCUT2D eigenvalue weighted by Gasteiger charge is -2.53. The van der Waals surface area contributed by atoms with Crippen LogP contribution < -0.4 is 4.74 Å². The van der Waals surface area contributed by atoms with Gasteiger partial charge in [-0.2, -0.15) is 0 Å². The first kappa shape index (κ1) is 19.8. The molecule has 3 nitrogen and oxygen atoms in total. The summed E-state index contributed by atoms with van der Waals surface area (Å²) in [6.45, 7) is 12.2. The number of aliphatic hydroxyl groups excluding tert-OH is 1. The van der Waals surface area contributed by atoms with Crippen molar-refractivity contribution in [1.29, 1.82) is 0 Å². The predicted octanol–water partition coefficient (Wildman–Crippen LogP) is 4.26. The number of β-amino-alcohol motifs (C(OH)–C–C–N with tert-alkyl or cyclic N) is 1. The fourth-order valence-electron chi connectivity index (χ4n) is 3.48. The second kappa shape index (κ2) is 7.52. The van der Waals surface area contributed by atoms with Crippen LogP contribution in [0, 0.1) is 6.92 Å². The van der Waals surface area contributed by atoms with Gasteiger partial charge < -0.3 is 9.84 Å². The Bertz CT molecular complexity index is 457. The fraction of sp³-hybridized carbons (Fsp3) is 0.765. The average Bonchev–Trinajstić information content (AvgIpc) is 2.77. The summed E-state index contributed by atoms with van der Waals surface area (Å²) in [4.78, 5) is 2.46. The van der Waals surface area contributed by atoms with Crippen molar-refractivity contribution in [2.24, 2.45) is 0 Å². The third-order valence-corrected chi connectivity index (χ3v) is 5.51. The third kappa shape index (κ3) is 4.60. The lowest BCUT2D eigenvalue weighted by Crippen LogP contribution is -2.60. The van der Waals surface area contributed by atoms with Crippen LogP contribution in [0.2, 0.25) is 0 Å². The van der Waals surface area contributed by atoms with Crippen molar-refractivity contribution in [2.75, 3.05) is 13.2 Å². The molecular formula is C17H30ClNO2S. The molecule has 2 rings (SSSR count). The summed E-state index contributed by atoms with van der Waals surface area (Å²) in [6, 6.07) is 0. The molecule has 1 aromatic heterocycles. The number of rotatable bonds is 5. The van der Waals surface area contributed by atoms with Gasteiger partial charge in [-0.05, 0) is 59.3 Å². The third-order valence-electron chi connectivity index (χ3n) is 4.67. The van der Waals surface area contributed by atoms with E-state index in [9.17, 15) is 5.11 Å². The molecule has 0 aliphatic carbocycles. The number of halogens is 1. The SMILES string of the molecule is Cc1cscc1OCC(O)CN1C(C)(C)CCCC1(C)C.Cl. The Morgan fingerprint density at radius 1 is 1.23 bits per heavy atom. The Balaban J connectivity index is 0.00000242. The van der Waals surface area contributed by atoms with Crippen molar-refractivity contribution in [3.05, 3.63) is 16.3 Å². The quantitative estimate of drug-likeness (QED) is 0.863. The van der Waals surface area contributed by atoms with E-state index >= 15 is 0 Å². The van der Waals surface area contributed by atoms with Crippen molar-refractivity contribution < 1.29 is 9.84 Å². The molecular weight excluding hydrogens is 318 g/mol. The summed E-state index contributed by atoms with van der Waals surface area (Å²) in [7, 11) is 0. The van der Waals surface area contributed by atoms with Crippen LogP contribution in [0.3, 0.4) is 0 Å². The van der Waals surface area contributed by atoms with E-state index in [0.717, 1.165) is 11.3 Å². The smallest absolute Gasteiger partial charge is 0.133 e. The molecule has 1 fully saturated rings. The summed E-state index contributed by atoms with van der Waals surface area (Å²) in [5, 5.41) is 14.5. The van der Waals surface area contributed by atoms with Crippen LogP contribution in [0.1, 0.15) is 52.5 Å². The van der Waals surface area contributed by atoms with Crippen molar-refractivity contribution in [3.8, 4) is 5.75 Å². The highest BCUT2D eigenvalue weighted by molar-refractivity contribution is 7.08. The van der Waals surface area contributed by atoms with Gasteiger partial charge in [-0.1, -0.05) is 0 Å². The fourth-order valence-corrected chi connectivity index (χ4v) is 4.25. The molecule has 1 saturated heterocycles. The van der Waals surface area contributed by atoms with Crippen LogP contribution in [-0.2, 0) is 0 Å². The maximum absolute atomic E-state index is 10.4. The molecule has 1 aliphatic heterocycles. The number of likely N-dealkylation sites (tertiary alicyclic amines) is 1. The standard InChI is InChI=1S/C17H29NO2S.ClH/c1-13-11-21-12-15(13)20-10-14(19)9-18-16(2,3)7-6-8-17(18,4)5;/h11-12,14,19H,6-10H2,1-5H3;1H. The molecule has 1 atom stereocenters. The Morgan fingerprint density at radius 3 is 2.32 bits per heavy atom. The summed E-state index contributed by atoms with van der Waals surface area (Å²) < 4.78 is 5.75. The molecule has 2 heterocycles. The van der Waals surface area contributed by atoms with Gasteiger partial charge in [0.15, 0.2) is 0 Å². The van der Waals surface area contributed by atoms with Gasteiger partial charge in [-0.15, -0.1) is 23.7 Å². The highest BCUT2D eigenvalue weighted by atomic mass is 35.5. The minimum absolute atomic E-state index is 0. The Morgan fingerprint density at radius 2 is 1.82 bits per heavy atom. The number of hydrogen-bond donors (Lipinski definition) is 1. The van der Waals surface area contributed by atoms with E-state index in [0.29, 0.717) is 13.2 Å². The number of aryl methyl sites for hydroxylation is 1. The van der Waals surface area contributed by atoms with Gasteiger partial charge in [-0.25, -0.2) is 0 Å². The summed E-state index contributed by atoms with van der Waals surface area (Å²) in [5.74, 6) is 0.899. The van der Waals surface area contributed by atoms with Crippen LogP contribution in [0.25, 0.3) is 0 Å². The Hall–Kier alpha value is -0.290. The Labute approximate surface area is 145 Å². The van der Waals surface area contributed by atoms with E-state index in [2.05, 4.69) is 38.0 Å². The van der Waals surface area contributed by atoms with Crippen LogP contribution in [0.15, 0.2) is 10.8 Å². The summed E-state index contributed by atoms with van der Waals surface area (Å²) in [6.07, 6.45) is 3.18. The van der Waals surface area contributed by atoms with Gasteiger partial charge in [0.25, 0.3) is 0 Å². The van der Waals surface area contributed by atoms with Crippen LogP contribution >= 0.6 is 23.7 Å². The van der Waals surface area contributed by atoms with Crippen molar-refractivity contribution in [1.82, 2.24) is 4.90 Å². The van der Waals surface area contributed by atoms with Crippen molar-refractivity contribution in [2.45, 2.75) is 71.1 Å². The molecule has 0 saturated carbocycles. The molecule has 0 aromatic carbocycles. The van der Waals surface area contributed by atoms with Gasteiger partial charge in [0.05, 0.1) is 0 Å². The van der Waals surface area contributed by atoms with Gasteiger partial charge >= 0.3 is 0 Å². The van der Waals surface area contributed by atoms with Crippen LogP contribution in [0.4, 0.5) is 0 Å². The number of ether oxygens (including phenoxy) is 1. The zero-order chi connectivity index (χ0) is 15.7. The molecule has 0 amide bonds. The second-order valence-electron chi connectivity index (χ2n) is 7.47. The first-order valence-corrected chi connectivity index (χ1v) is 8.78. The van der Waals surface area contributed by atoms with Crippen LogP contribution in [0.5, 0.6) is 5.75 Å². The number of hydrogen-bond acceptors (Lipinski definition) is 4. The van der Waals surface area contributed by atoms with Gasteiger partial charge in [-0.3, -0.25) is 4.90 Å². The van der Waals surface area contributed by atoms with Gasteiger partial charge in [0.2, 0.25) is 0 Å². The molecule has 5 heteroatoms. The first-order valence-electron chi connectivity index (χ1n) is 7.84. The highest BCUT2D eigenvalue weighted by Gasteiger charge is 2.41. The van der Waals surface area contributed by atoms with Crippen LogP contribution in [-0.4, -0.2) is 40.3 Å². The van der Waals surface area contributed by atoms with Gasteiger partial charge in [0, 0.05) is 28.6 Å². The lowest BCUT2D eigenvalue weighted by atomic mass is 9.79. The largest absolute Gasteiger partial charge is 0.490 e.